The van der Waals surface area contributed by atoms with E-state index in [1.54, 1.807) is 4.80 Å². The highest BCUT2D eigenvalue weighted by atomic mass is 16.3. The molecule has 5 rings (SSSR count). The van der Waals surface area contributed by atoms with Crippen molar-refractivity contribution in [1.29, 1.82) is 0 Å². The minimum Gasteiger partial charge on any atom is -0.505 e. The van der Waals surface area contributed by atoms with Crippen LogP contribution in [-0.4, -0.2) is 20.1 Å². The predicted octanol–water partition coefficient (Wildman–Crippen LogP) is 10.1. The number of hydrogen-bond acceptors (Lipinski definition) is 3. The number of hydrogen-bond donors (Lipinski definition) is 1. The van der Waals surface area contributed by atoms with Crippen molar-refractivity contribution in [2.24, 2.45) is 22.7 Å². The van der Waals surface area contributed by atoms with Gasteiger partial charge in [-0.3, -0.25) is 0 Å². The summed E-state index contributed by atoms with van der Waals surface area (Å²) in [6.07, 6.45) is 0. The van der Waals surface area contributed by atoms with Crippen LogP contribution in [0.15, 0.2) is 97.1 Å². The second-order valence-corrected chi connectivity index (χ2v) is 15.0. The summed E-state index contributed by atoms with van der Waals surface area (Å²) in [6, 6.07) is 33.9. The molecular weight excluding hydrogens is 538 g/mol. The van der Waals surface area contributed by atoms with Crippen molar-refractivity contribution < 1.29 is 5.11 Å². The monoisotopic (exact) mass is 587 g/mol. The number of aromatic hydroxyl groups is 1. The molecule has 44 heavy (non-hydrogen) atoms. The average molecular weight is 588 g/mol. The molecule has 4 aromatic carbocycles. The van der Waals surface area contributed by atoms with Gasteiger partial charge in [-0.2, -0.15) is 0 Å². The summed E-state index contributed by atoms with van der Waals surface area (Å²) < 4.78 is 0. The van der Waals surface area contributed by atoms with E-state index in [2.05, 4.69) is 142 Å². The smallest absolute Gasteiger partial charge is 0.147 e. The Morgan fingerprint density at radius 2 is 1.00 bits per heavy atom. The van der Waals surface area contributed by atoms with Crippen LogP contribution >= 0.6 is 0 Å². The molecule has 0 amide bonds. The maximum atomic E-state index is 12.6. The Bertz CT molecular complexity index is 1680. The van der Waals surface area contributed by atoms with Crippen molar-refractivity contribution in [3.05, 3.63) is 119 Å². The normalized spacial score (nSPS) is 13.3. The molecule has 0 unspecified atom stereocenters. The number of phenols is 1. The Morgan fingerprint density at radius 1 is 0.568 bits per heavy atom. The highest BCUT2D eigenvalue weighted by molar-refractivity contribution is 5.74. The Kier molecular flexibility index (Phi) is 8.03. The van der Waals surface area contributed by atoms with E-state index in [0.29, 0.717) is 5.69 Å². The molecule has 0 saturated heterocycles. The van der Waals surface area contributed by atoms with Gasteiger partial charge in [-0.25, -0.2) is 0 Å². The van der Waals surface area contributed by atoms with Gasteiger partial charge in [0.15, 0.2) is 0 Å². The fraction of sp³-hybridized carbons (Fsp3) is 0.400. The molecule has 4 nitrogen and oxygen atoms in total. The van der Waals surface area contributed by atoms with Crippen LogP contribution in [0.1, 0.15) is 91.5 Å². The Balaban J connectivity index is 2.02. The Hall–Kier alpha value is -3.92. The van der Waals surface area contributed by atoms with Crippen molar-refractivity contribution in [2.45, 2.75) is 80.1 Å². The van der Waals surface area contributed by atoms with Crippen molar-refractivity contribution in [3.8, 4) is 11.4 Å². The van der Waals surface area contributed by atoms with E-state index < -0.39 is 5.41 Å². The van der Waals surface area contributed by atoms with E-state index in [1.807, 2.05) is 24.3 Å². The molecule has 1 aromatic heterocycles. The molecule has 5 aromatic rings. The molecule has 0 atom stereocenters. The number of fused-ring (bicyclic) bond motifs is 1. The predicted molar refractivity (Wildman–Crippen MR) is 184 cm³/mol. The number of aromatic nitrogens is 3. The van der Waals surface area contributed by atoms with Gasteiger partial charge in [0.1, 0.15) is 22.5 Å². The molecule has 0 aliphatic rings. The first kappa shape index (κ1) is 31.5. The van der Waals surface area contributed by atoms with E-state index in [-0.39, 0.29) is 33.8 Å². The van der Waals surface area contributed by atoms with Gasteiger partial charge in [-0.1, -0.05) is 148 Å². The maximum Gasteiger partial charge on any atom is 0.147 e. The van der Waals surface area contributed by atoms with Crippen LogP contribution in [0.2, 0.25) is 0 Å². The van der Waals surface area contributed by atoms with Crippen LogP contribution in [-0.2, 0) is 10.8 Å². The van der Waals surface area contributed by atoms with Crippen LogP contribution in [0, 0.1) is 22.7 Å². The number of rotatable bonds is 7. The number of phenolic OH excluding ortho intramolecular Hbond substituents is 1. The summed E-state index contributed by atoms with van der Waals surface area (Å²) in [7, 11) is 0. The summed E-state index contributed by atoms with van der Waals surface area (Å²) in [4.78, 5) is 1.64. The van der Waals surface area contributed by atoms with E-state index in [1.165, 1.54) is 11.1 Å². The van der Waals surface area contributed by atoms with E-state index in [4.69, 9.17) is 10.2 Å². The molecule has 0 spiro atoms. The van der Waals surface area contributed by atoms with E-state index >= 15 is 0 Å². The molecule has 0 fully saturated rings. The summed E-state index contributed by atoms with van der Waals surface area (Å²) in [6.45, 7) is 23.1. The minimum atomic E-state index is -0.584. The van der Waals surface area contributed by atoms with Crippen LogP contribution in [0.25, 0.3) is 16.7 Å². The third-order valence-corrected chi connectivity index (χ3v) is 10.0. The van der Waals surface area contributed by atoms with E-state index in [0.717, 1.165) is 22.2 Å². The summed E-state index contributed by atoms with van der Waals surface area (Å²) in [5, 5.41) is 22.4. The molecular formula is C40H49N3O. The molecule has 1 heterocycles. The van der Waals surface area contributed by atoms with Crippen molar-refractivity contribution in [3.63, 3.8) is 0 Å². The molecule has 0 radical (unpaired) electrons. The third kappa shape index (κ3) is 4.74. The van der Waals surface area contributed by atoms with Gasteiger partial charge in [0, 0.05) is 16.4 Å². The van der Waals surface area contributed by atoms with Crippen LogP contribution in [0.3, 0.4) is 0 Å². The van der Waals surface area contributed by atoms with E-state index in [9.17, 15) is 5.11 Å². The largest absolute Gasteiger partial charge is 0.505 e. The zero-order valence-electron chi connectivity index (χ0n) is 28.2. The van der Waals surface area contributed by atoms with Crippen LogP contribution in [0.4, 0.5) is 0 Å². The molecule has 230 valence electrons. The topological polar surface area (TPSA) is 50.9 Å². The molecule has 0 saturated carbocycles. The first-order chi connectivity index (χ1) is 20.7. The lowest BCUT2D eigenvalue weighted by molar-refractivity contribution is 0.0876. The third-order valence-electron chi connectivity index (χ3n) is 10.0. The van der Waals surface area contributed by atoms with Crippen molar-refractivity contribution >= 4 is 11.0 Å². The molecule has 0 bridgehead atoms. The lowest BCUT2D eigenvalue weighted by Gasteiger charge is -2.55. The molecule has 0 aliphatic carbocycles. The maximum absolute atomic E-state index is 12.6. The van der Waals surface area contributed by atoms with Gasteiger partial charge >= 0.3 is 0 Å². The Morgan fingerprint density at radius 3 is 1.43 bits per heavy atom. The molecule has 1 N–H and O–H groups in total. The summed E-state index contributed by atoms with van der Waals surface area (Å²) >= 11 is 0. The van der Waals surface area contributed by atoms with Crippen LogP contribution < -0.4 is 0 Å². The first-order valence-electron chi connectivity index (χ1n) is 16.0. The van der Waals surface area contributed by atoms with Gasteiger partial charge in [0.05, 0.1) is 0 Å². The second kappa shape index (κ2) is 11.2. The van der Waals surface area contributed by atoms with Gasteiger partial charge in [0.25, 0.3) is 0 Å². The van der Waals surface area contributed by atoms with Gasteiger partial charge in [0.2, 0.25) is 0 Å². The quantitative estimate of drug-likeness (QED) is 0.206. The summed E-state index contributed by atoms with van der Waals surface area (Å²) in [5.74, 6) is 0.739. The SMILES string of the molecule is CC(C)C(c1ccccc1)(c1cc(-n2nc3ccccc3n2)c(O)c(C(c2ccccc2)(C(C)(C)C)C(C)(C)C)c1)C(C)C. The number of benzene rings is 4. The zero-order valence-corrected chi connectivity index (χ0v) is 28.2. The average Bonchev–Trinajstić information content (AvgIpc) is 3.38. The number of nitrogens with zero attached hydrogens (tertiary/aromatic N) is 3. The zero-order chi connectivity index (χ0) is 32.1. The molecule has 4 heteroatoms. The Labute approximate surface area is 264 Å². The fourth-order valence-electron chi connectivity index (χ4n) is 8.79. The second-order valence-electron chi connectivity index (χ2n) is 15.0. The van der Waals surface area contributed by atoms with Gasteiger partial charge in [-0.15, -0.1) is 15.0 Å². The molecule has 0 aliphatic heterocycles. The van der Waals surface area contributed by atoms with Gasteiger partial charge < -0.3 is 5.11 Å². The fourth-order valence-corrected chi connectivity index (χ4v) is 8.79. The lowest BCUT2D eigenvalue weighted by atomic mass is 9.48. The first-order valence-corrected chi connectivity index (χ1v) is 16.0. The standard InChI is InChI=1S/C40H49N3O/c1-27(2)39(28(3)4,29-19-13-11-14-20-29)31-25-32(36(44)35(26-31)43-41-33-23-17-18-24-34(33)42-43)40(37(5,6)7,38(8,9)10)30-21-15-12-16-22-30/h11-28,44H,1-10H3. The lowest BCUT2D eigenvalue weighted by Crippen LogP contribution is -2.51. The summed E-state index contributed by atoms with van der Waals surface area (Å²) in [5.41, 5.74) is 5.20. The van der Waals surface area contributed by atoms with Crippen molar-refractivity contribution in [2.75, 3.05) is 0 Å². The van der Waals surface area contributed by atoms with Gasteiger partial charge in [-0.05, 0) is 57.6 Å². The van der Waals surface area contributed by atoms with Crippen molar-refractivity contribution in [1.82, 2.24) is 15.0 Å². The highest BCUT2D eigenvalue weighted by Crippen LogP contribution is 2.61. The van der Waals surface area contributed by atoms with Crippen LogP contribution in [0.5, 0.6) is 5.75 Å². The highest BCUT2D eigenvalue weighted by Gasteiger charge is 2.55. The minimum absolute atomic E-state index is 0.220.